The van der Waals surface area contributed by atoms with Gasteiger partial charge in [-0.15, -0.1) is 11.3 Å². The molecule has 0 aliphatic heterocycles. The smallest absolute Gasteiger partial charge is 0.0794 e. The van der Waals surface area contributed by atoms with Crippen molar-refractivity contribution < 1.29 is 0 Å². The molecule has 1 saturated carbocycles. The third-order valence-electron chi connectivity index (χ3n) is 3.83. The molecule has 0 radical (unpaired) electrons. The van der Waals surface area contributed by atoms with Gasteiger partial charge < -0.3 is 5.32 Å². The van der Waals surface area contributed by atoms with Gasteiger partial charge in [-0.3, -0.25) is 4.98 Å². The van der Waals surface area contributed by atoms with Crippen LogP contribution in [0.25, 0.3) is 0 Å². The Morgan fingerprint density at radius 1 is 1.35 bits per heavy atom. The van der Waals surface area contributed by atoms with E-state index in [2.05, 4.69) is 17.2 Å². The molecule has 0 spiro atoms. The van der Waals surface area contributed by atoms with Crippen molar-refractivity contribution in [1.29, 1.82) is 0 Å². The van der Waals surface area contributed by atoms with Crippen LogP contribution in [-0.4, -0.2) is 11.0 Å². The summed E-state index contributed by atoms with van der Waals surface area (Å²) in [5, 5.41) is 3.70. The van der Waals surface area contributed by atoms with E-state index in [0.717, 1.165) is 18.5 Å². The molecule has 2 rings (SSSR count). The van der Waals surface area contributed by atoms with Gasteiger partial charge in [0.15, 0.2) is 0 Å². The predicted molar refractivity (Wildman–Crippen MR) is 74.2 cm³/mol. The van der Waals surface area contributed by atoms with Crippen molar-refractivity contribution in [2.75, 3.05) is 0 Å². The molecule has 1 aromatic rings. The Morgan fingerprint density at radius 2 is 2.29 bits per heavy atom. The molecule has 0 saturated heterocycles. The van der Waals surface area contributed by atoms with E-state index in [1.165, 1.54) is 49.8 Å². The fourth-order valence-electron chi connectivity index (χ4n) is 2.85. The minimum atomic E-state index is 0.735. The van der Waals surface area contributed by atoms with Gasteiger partial charge in [-0.1, -0.05) is 32.6 Å². The molecule has 1 fully saturated rings. The van der Waals surface area contributed by atoms with Crippen molar-refractivity contribution in [3.8, 4) is 0 Å². The number of hydrogen-bond donors (Lipinski definition) is 1. The van der Waals surface area contributed by atoms with Crippen LogP contribution in [0.15, 0.2) is 11.7 Å². The molecule has 1 aliphatic rings. The lowest BCUT2D eigenvalue weighted by molar-refractivity contribution is 0.410. The van der Waals surface area contributed by atoms with Crippen LogP contribution in [0, 0.1) is 5.92 Å². The van der Waals surface area contributed by atoms with Gasteiger partial charge in [-0.2, -0.15) is 0 Å². The largest absolute Gasteiger partial charge is 0.309 e. The zero-order chi connectivity index (χ0) is 11.9. The Morgan fingerprint density at radius 3 is 3.06 bits per heavy atom. The monoisotopic (exact) mass is 252 g/mol. The van der Waals surface area contributed by atoms with Gasteiger partial charge >= 0.3 is 0 Å². The lowest BCUT2D eigenvalue weighted by Crippen LogP contribution is -2.27. The molecule has 1 N–H and O–H groups in total. The Labute approximate surface area is 109 Å². The molecule has 2 unspecified atom stereocenters. The standard InChI is InChI=1S/C14H24N2S/c1-2-4-12-5-3-6-13(8-7-12)16-10-14-9-15-11-17-14/h9,11-13,16H,2-8,10H2,1H3. The van der Waals surface area contributed by atoms with Crippen LogP contribution in [0.4, 0.5) is 0 Å². The summed E-state index contributed by atoms with van der Waals surface area (Å²) in [4.78, 5) is 5.48. The molecule has 1 heterocycles. The van der Waals surface area contributed by atoms with Crippen LogP contribution in [0.1, 0.15) is 56.7 Å². The summed E-state index contributed by atoms with van der Waals surface area (Å²) in [5.41, 5.74) is 1.92. The van der Waals surface area contributed by atoms with E-state index in [9.17, 15) is 0 Å². The highest BCUT2D eigenvalue weighted by Gasteiger charge is 2.17. The lowest BCUT2D eigenvalue weighted by atomic mass is 9.95. The number of nitrogens with one attached hydrogen (secondary N) is 1. The maximum absolute atomic E-state index is 4.12. The second-order valence-electron chi connectivity index (χ2n) is 5.21. The van der Waals surface area contributed by atoms with E-state index in [0.29, 0.717) is 0 Å². The first-order valence-electron chi connectivity index (χ1n) is 6.99. The predicted octanol–water partition coefficient (Wildman–Crippen LogP) is 3.98. The third-order valence-corrected chi connectivity index (χ3v) is 4.61. The van der Waals surface area contributed by atoms with E-state index in [1.54, 1.807) is 11.3 Å². The number of nitrogens with zero attached hydrogens (tertiary/aromatic N) is 1. The topological polar surface area (TPSA) is 24.9 Å². The Balaban J connectivity index is 1.71. The number of aromatic nitrogens is 1. The molecule has 1 aromatic heterocycles. The van der Waals surface area contributed by atoms with Crippen LogP contribution in [0.3, 0.4) is 0 Å². The van der Waals surface area contributed by atoms with Gasteiger partial charge in [-0.05, 0) is 25.2 Å². The maximum Gasteiger partial charge on any atom is 0.0794 e. The van der Waals surface area contributed by atoms with Crippen LogP contribution in [-0.2, 0) is 6.54 Å². The summed E-state index contributed by atoms with van der Waals surface area (Å²) in [6.45, 7) is 3.32. The van der Waals surface area contributed by atoms with Gasteiger partial charge in [-0.25, -0.2) is 0 Å². The van der Waals surface area contributed by atoms with Crippen LogP contribution in [0.5, 0.6) is 0 Å². The maximum atomic E-state index is 4.12. The normalized spacial score (nSPS) is 25.7. The Hall–Kier alpha value is -0.410. The first-order chi connectivity index (χ1) is 8.38. The van der Waals surface area contributed by atoms with E-state index in [-0.39, 0.29) is 0 Å². The molecule has 0 amide bonds. The van der Waals surface area contributed by atoms with Crippen molar-refractivity contribution in [2.24, 2.45) is 5.92 Å². The second kappa shape index (κ2) is 7.12. The summed E-state index contributed by atoms with van der Waals surface area (Å²) in [6, 6.07) is 0.735. The summed E-state index contributed by atoms with van der Waals surface area (Å²) in [6.07, 6.45) is 11.8. The summed E-state index contributed by atoms with van der Waals surface area (Å²) in [7, 11) is 0. The van der Waals surface area contributed by atoms with Crippen LogP contribution >= 0.6 is 11.3 Å². The zero-order valence-corrected chi connectivity index (χ0v) is 11.6. The molecule has 0 aromatic carbocycles. The minimum Gasteiger partial charge on any atom is -0.309 e. The minimum absolute atomic E-state index is 0.735. The number of thiazole rings is 1. The van der Waals surface area contributed by atoms with E-state index >= 15 is 0 Å². The number of rotatable bonds is 5. The highest BCUT2D eigenvalue weighted by Crippen LogP contribution is 2.26. The van der Waals surface area contributed by atoms with Crippen LogP contribution in [0.2, 0.25) is 0 Å². The fraction of sp³-hybridized carbons (Fsp3) is 0.786. The lowest BCUT2D eigenvalue weighted by Gasteiger charge is -2.16. The summed E-state index contributed by atoms with van der Waals surface area (Å²) >= 11 is 1.75. The molecule has 17 heavy (non-hydrogen) atoms. The molecule has 2 atom stereocenters. The molecular formula is C14H24N2S. The molecule has 0 bridgehead atoms. The van der Waals surface area contributed by atoms with Gasteiger partial charge in [0, 0.05) is 23.7 Å². The van der Waals surface area contributed by atoms with E-state index in [1.807, 2.05) is 11.7 Å². The fourth-order valence-corrected chi connectivity index (χ4v) is 3.40. The quantitative estimate of drug-likeness (QED) is 0.802. The summed E-state index contributed by atoms with van der Waals surface area (Å²) in [5.74, 6) is 0.996. The van der Waals surface area contributed by atoms with Gasteiger partial charge in [0.1, 0.15) is 0 Å². The third kappa shape index (κ3) is 4.40. The molecule has 3 heteroatoms. The van der Waals surface area contributed by atoms with Crippen molar-refractivity contribution >= 4 is 11.3 Å². The number of hydrogen-bond acceptors (Lipinski definition) is 3. The first kappa shape index (κ1) is 13.0. The van der Waals surface area contributed by atoms with Crippen molar-refractivity contribution in [3.63, 3.8) is 0 Å². The molecule has 2 nitrogen and oxygen atoms in total. The highest BCUT2D eigenvalue weighted by atomic mass is 32.1. The molecule has 1 aliphatic carbocycles. The average Bonchev–Trinajstić information content (AvgIpc) is 2.75. The second-order valence-corrected chi connectivity index (χ2v) is 6.18. The van der Waals surface area contributed by atoms with E-state index < -0.39 is 0 Å². The zero-order valence-electron chi connectivity index (χ0n) is 10.8. The average molecular weight is 252 g/mol. The van der Waals surface area contributed by atoms with Crippen molar-refractivity contribution in [1.82, 2.24) is 10.3 Å². The highest BCUT2D eigenvalue weighted by molar-refractivity contribution is 7.09. The Kier molecular flexibility index (Phi) is 5.46. The van der Waals surface area contributed by atoms with Crippen molar-refractivity contribution in [2.45, 2.75) is 64.5 Å². The summed E-state index contributed by atoms with van der Waals surface area (Å²) < 4.78 is 0. The van der Waals surface area contributed by atoms with E-state index in [4.69, 9.17) is 0 Å². The van der Waals surface area contributed by atoms with Crippen LogP contribution < -0.4 is 5.32 Å². The Bertz CT molecular complexity index is 297. The SMILES string of the molecule is CCCC1CCCC(NCc2cncs2)CC1. The van der Waals surface area contributed by atoms with Gasteiger partial charge in [0.25, 0.3) is 0 Å². The van der Waals surface area contributed by atoms with Gasteiger partial charge in [0.2, 0.25) is 0 Å². The van der Waals surface area contributed by atoms with Gasteiger partial charge in [0.05, 0.1) is 5.51 Å². The molecule has 96 valence electrons. The first-order valence-corrected chi connectivity index (χ1v) is 7.87. The van der Waals surface area contributed by atoms with Crippen molar-refractivity contribution in [3.05, 3.63) is 16.6 Å². The molecular weight excluding hydrogens is 228 g/mol.